The Morgan fingerprint density at radius 3 is 2.95 bits per heavy atom. The van der Waals surface area contributed by atoms with Gasteiger partial charge in [-0.1, -0.05) is 24.2 Å². The topological polar surface area (TPSA) is 52.6 Å². The van der Waals surface area contributed by atoms with Crippen molar-refractivity contribution in [3.05, 3.63) is 18.2 Å². The molecule has 2 aliphatic rings. The summed E-state index contributed by atoms with van der Waals surface area (Å²) in [6.45, 7) is 0.700. The van der Waals surface area contributed by atoms with Gasteiger partial charge in [0.2, 0.25) is 5.91 Å². The fraction of sp³-hybridized carbons (Fsp3) is 0.533. The van der Waals surface area contributed by atoms with Gasteiger partial charge in [0.15, 0.2) is 0 Å². The lowest BCUT2D eigenvalue weighted by Gasteiger charge is -2.25. The number of phenolic OH excluding ortho intramolecular Hbond substituents is 1. The van der Waals surface area contributed by atoms with Crippen molar-refractivity contribution in [2.75, 3.05) is 18.5 Å². The van der Waals surface area contributed by atoms with Gasteiger partial charge in [0.1, 0.15) is 5.75 Å². The van der Waals surface area contributed by atoms with Crippen LogP contribution in [0.15, 0.2) is 23.1 Å². The van der Waals surface area contributed by atoms with E-state index in [9.17, 15) is 9.90 Å². The largest absolute Gasteiger partial charge is 0.507 e. The summed E-state index contributed by atoms with van der Waals surface area (Å²) in [6, 6.07) is 5.61. The predicted molar refractivity (Wildman–Crippen MR) is 81.1 cm³/mol. The third kappa shape index (κ3) is 2.46. The van der Waals surface area contributed by atoms with Gasteiger partial charge in [0, 0.05) is 19.5 Å². The number of amides is 1. The Kier molecular flexibility index (Phi) is 3.78. The van der Waals surface area contributed by atoms with Gasteiger partial charge in [-0.2, -0.15) is 0 Å². The average molecular weight is 292 g/mol. The smallest absolute Gasteiger partial charge is 0.223 e. The minimum atomic E-state index is 0.210. The molecular weight excluding hydrogens is 272 g/mol. The molecule has 1 aromatic carbocycles. The van der Waals surface area contributed by atoms with Crippen molar-refractivity contribution in [1.29, 1.82) is 0 Å². The van der Waals surface area contributed by atoms with Crippen molar-refractivity contribution in [3.8, 4) is 5.75 Å². The number of nitrogens with one attached hydrogen (secondary N) is 1. The summed E-state index contributed by atoms with van der Waals surface area (Å²) in [5.74, 6) is 0.813. The number of benzene rings is 1. The number of carbonyl (C=O) groups is 1. The summed E-state index contributed by atoms with van der Waals surface area (Å²) in [7, 11) is 2.04. The summed E-state index contributed by atoms with van der Waals surface area (Å²) in [6.07, 6.45) is 4.16. The van der Waals surface area contributed by atoms with Crippen LogP contribution >= 0.6 is 11.8 Å². The molecule has 20 heavy (non-hydrogen) atoms. The second kappa shape index (κ2) is 5.56. The van der Waals surface area contributed by atoms with Gasteiger partial charge in [0.25, 0.3) is 0 Å². The zero-order valence-electron chi connectivity index (χ0n) is 11.6. The molecule has 0 aromatic heterocycles. The summed E-state index contributed by atoms with van der Waals surface area (Å²) in [5.41, 5.74) is 1.07. The fourth-order valence-corrected chi connectivity index (χ4v) is 3.97. The molecule has 3 rings (SSSR count). The zero-order valence-corrected chi connectivity index (χ0v) is 12.4. The molecule has 2 N–H and O–H groups in total. The molecule has 0 radical (unpaired) electrons. The molecule has 1 fully saturated rings. The Bertz CT molecular complexity index is 517. The summed E-state index contributed by atoms with van der Waals surface area (Å²) < 4.78 is 0. The highest BCUT2D eigenvalue weighted by Gasteiger charge is 2.30. The van der Waals surface area contributed by atoms with Crippen molar-refractivity contribution in [1.82, 2.24) is 5.32 Å². The number of phenols is 1. The van der Waals surface area contributed by atoms with E-state index >= 15 is 0 Å². The van der Waals surface area contributed by atoms with Crippen LogP contribution in [-0.2, 0) is 4.79 Å². The van der Waals surface area contributed by atoms with Crippen LogP contribution in [0.4, 0.5) is 5.69 Å². The molecule has 1 atom stereocenters. The number of fused-ring (bicyclic) bond motifs is 1. The highest BCUT2D eigenvalue weighted by Crippen LogP contribution is 2.47. The van der Waals surface area contributed by atoms with Gasteiger partial charge in [-0.3, -0.25) is 4.79 Å². The van der Waals surface area contributed by atoms with Crippen LogP contribution in [0.1, 0.15) is 25.7 Å². The second-order valence-electron chi connectivity index (χ2n) is 5.52. The number of thioether (sulfide) groups is 1. The molecule has 1 heterocycles. The molecule has 1 aliphatic heterocycles. The molecular formula is C15H20N2O2S. The Morgan fingerprint density at radius 1 is 1.50 bits per heavy atom. The minimum Gasteiger partial charge on any atom is -0.507 e. The molecule has 5 heteroatoms. The summed E-state index contributed by atoms with van der Waals surface area (Å²) >= 11 is 1.68. The number of anilines is 1. The van der Waals surface area contributed by atoms with E-state index in [0.29, 0.717) is 12.3 Å². The summed E-state index contributed by atoms with van der Waals surface area (Å²) in [5, 5.41) is 13.2. The first-order valence-corrected chi connectivity index (χ1v) is 8.04. The molecule has 0 bridgehead atoms. The monoisotopic (exact) mass is 292 g/mol. The lowest BCUT2D eigenvalue weighted by Crippen LogP contribution is -2.37. The van der Waals surface area contributed by atoms with E-state index in [1.54, 1.807) is 17.8 Å². The van der Waals surface area contributed by atoms with E-state index in [2.05, 4.69) is 10.2 Å². The number of aromatic hydroxyl groups is 1. The second-order valence-corrected chi connectivity index (χ2v) is 6.70. The van der Waals surface area contributed by atoms with Gasteiger partial charge in [-0.05, 0) is 31.4 Å². The lowest BCUT2D eigenvalue weighted by atomic mass is 9.85. The van der Waals surface area contributed by atoms with Crippen LogP contribution in [0.25, 0.3) is 0 Å². The molecule has 1 aromatic rings. The summed E-state index contributed by atoms with van der Waals surface area (Å²) in [4.78, 5) is 14.9. The van der Waals surface area contributed by atoms with E-state index < -0.39 is 0 Å². The van der Waals surface area contributed by atoms with E-state index in [1.807, 2.05) is 19.2 Å². The Morgan fingerprint density at radius 2 is 2.30 bits per heavy atom. The number of carbonyl (C=O) groups excluding carboxylic acids is 1. The van der Waals surface area contributed by atoms with Crippen LogP contribution in [0.3, 0.4) is 0 Å². The maximum Gasteiger partial charge on any atom is 0.223 e. The molecule has 1 amide bonds. The first kappa shape index (κ1) is 13.6. The predicted octanol–water partition coefficient (Wildman–Crippen LogP) is 2.57. The van der Waals surface area contributed by atoms with Crippen LogP contribution in [-0.4, -0.2) is 30.0 Å². The van der Waals surface area contributed by atoms with E-state index in [0.717, 1.165) is 29.8 Å². The molecule has 0 spiro atoms. The maximum atomic E-state index is 11.8. The molecule has 4 nitrogen and oxygen atoms in total. The van der Waals surface area contributed by atoms with Crippen molar-refractivity contribution in [2.45, 2.75) is 36.0 Å². The maximum absolute atomic E-state index is 11.8. The number of hydrogen-bond acceptors (Lipinski definition) is 4. The Hall–Kier alpha value is -1.36. The standard InChI is InChI=1S/C15H20N2O2S/c1-17-11-6-3-7-12(18)14(11)20-13(17)8-9-16-15(19)10-4-2-5-10/h3,6-7,10,13,18H,2,4-5,8-9H2,1H3,(H,16,19). The van der Waals surface area contributed by atoms with Crippen LogP contribution in [0.2, 0.25) is 0 Å². The van der Waals surface area contributed by atoms with Crippen molar-refractivity contribution in [2.24, 2.45) is 5.92 Å². The number of nitrogens with zero attached hydrogens (tertiary/aromatic N) is 1. The van der Waals surface area contributed by atoms with E-state index in [4.69, 9.17) is 0 Å². The number of hydrogen-bond donors (Lipinski definition) is 2. The quantitative estimate of drug-likeness (QED) is 0.895. The third-order valence-electron chi connectivity index (χ3n) is 4.21. The first-order chi connectivity index (χ1) is 9.66. The highest BCUT2D eigenvalue weighted by atomic mass is 32.2. The normalized spacial score (nSPS) is 21.4. The van der Waals surface area contributed by atoms with E-state index in [1.165, 1.54) is 6.42 Å². The van der Waals surface area contributed by atoms with Crippen LogP contribution in [0, 0.1) is 5.92 Å². The van der Waals surface area contributed by atoms with Crippen molar-refractivity contribution >= 4 is 23.4 Å². The van der Waals surface area contributed by atoms with Crippen molar-refractivity contribution < 1.29 is 9.90 Å². The average Bonchev–Trinajstić information content (AvgIpc) is 2.67. The lowest BCUT2D eigenvalue weighted by molar-refractivity contribution is -0.127. The molecule has 1 aliphatic carbocycles. The van der Waals surface area contributed by atoms with Crippen LogP contribution < -0.4 is 10.2 Å². The molecule has 1 unspecified atom stereocenters. The van der Waals surface area contributed by atoms with Gasteiger partial charge in [-0.15, -0.1) is 0 Å². The fourth-order valence-electron chi connectivity index (χ4n) is 2.67. The SMILES string of the molecule is CN1c2cccc(O)c2SC1CCNC(=O)C1CCC1. The molecule has 0 saturated heterocycles. The van der Waals surface area contributed by atoms with Gasteiger partial charge >= 0.3 is 0 Å². The zero-order chi connectivity index (χ0) is 14.1. The minimum absolute atomic E-state index is 0.210. The van der Waals surface area contributed by atoms with Gasteiger partial charge < -0.3 is 15.3 Å². The highest BCUT2D eigenvalue weighted by molar-refractivity contribution is 8.00. The Balaban J connectivity index is 1.52. The first-order valence-electron chi connectivity index (χ1n) is 7.16. The van der Waals surface area contributed by atoms with Gasteiger partial charge in [-0.25, -0.2) is 0 Å². The van der Waals surface area contributed by atoms with Crippen molar-refractivity contribution in [3.63, 3.8) is 0 Å². The van der Waals surface area contributed by atoms with Gasteiger partial charge in [0.05, 0.1) is 16.0 Å². The Labute approximate surface area is 123 Å². The van der Waals surface area contributed by atoms with Crippen LogP contribution in [0.5, 0.6) is 5.75 Å². The molecule has 1 saturated carbocycles. The molecule has 108 valence electrons. The third-order valence-corrected chi connectivity index (χ3v) is 5.68. The number of rotatable bonds is 4. The van der Waals surface area contributed by atoms with E-state index in [-0.39, 0.29) is 17.2 Å².